The van der Waals surface area contributed by atoms with Crippen molar-refractivity contribution in [2.75, 3.05) is 12.9 Å². The van der Waals surface area contributed by atoms with Gasteiger partial charge in [0.25, 0.3) is 0 Å². The van der Waals surface area contributed by atoms with E-state index in [0.29, 0.717) is 0 Å². The normalized spacial score (nSPS) is 26.6. The van der Waals surface area contributed by atoms with E-state index in [0.717, 1.165) is 37.0 Å². The lowest BCUT2D eigenvalue weighted by Crippen LogP contribution is -2.31. The molecule has 1 atom stereocenters. The van der Waals surface area contributed by atoms with Crippen LogP contribution in [0.3, 0.4) is 0 Å². The standard InChI is InChI=1S/C11H19BN4/c1-11(12)6-4-5-8-9(7-11)16(13)10(14-2)15(8)3/h4-7,13H2,1-3H3. The minimum absolute atomic E-state index is 0.154. The van der Waals surface area contributed by atoms with Gasteiger partial charge in [-0.2, -0.15) is 0 Å². The first kappa shape index (κ1) is 11.4. The maximum absolute atomic E-state index is 6.25. The molecular formula is C11H19BN4. The number of imidazole rings is 1. The Labute approximate surface area is 97.6 Å². The molecule has 1 aliphatic carbocycles. The van der Waals surface area contributed by atoms with Gasteiger partial charge in [0.15, 0.2) is 0 Å². The highest BCUT2D eigenvalue weighted by Gasteiger charge is 2.27. The first-order valence-corrected chi connectivity index (χ1v) is 5.72. The Morgan fingerprint density at radius 3 is 2.75 bits per heavy atom. The van der Waals surface area contributed by atoms with Crippen molar-refractivity contribution in [2.24, 2.45) is 12.0 Å². The van der Waals surface area contributed by atoms with Gasteiger partial charge in [0.1, 0.15) is 0 Å². The summed E-state index contributed by atoms with van der Waals surface area (Å²) in [7, 11) is 10.0. The summed E-state index contributed by atoms with van der Waals surface area (Å²) >= 11 is 0. The first-order valence-electron chi connectivity index (χ1n) is 5.72. The molecule has 2 radical (unpaired) electrons. The Morgan fingerprint density at radius 2 is 2.12 bits per heavy atom. The second-order valence-corrected chi connectivity index (χ2v) is 5.03. The zero-order chi connectivity index (χ0) is 11.9. The lowest BCUT2D eigenvalue weighted by molar-refractivity contribution is 0.535. The molecule has 1 heterocycles. The van der Waals surface area contributed by atoms with Crippen molar-refractivity contribution in [1.82, 2.24) is 9.24 Å². The highest BCUT2D eigenvalue weighted by Crippen LogP contribution is 2.36. The summed E-state index contributed by atoms with van der Waals surface area (Å²) in [5.41, 5.74) is 3.21. The molecule has 0 amide bonds. The number of nitrogen functional groups attached to an aromatic ring is 1. The minimum Gasteiger partial charge on any atom is -0.336 e. The van der Waals surface area contributed by atoms with Crippen LogP contribution in [0.1, 0.15) is 31.2 Å². The van der Waals surface area contributed by atoms with Crippen LogP contribution in [0, 0.1) is 0 Å². The molecule has 1 unspecified atom stereocenters. The Bertz CT molecular complexity index is 467. The van der Waals surface area contributed by atoms with E-state index in [4.69, 9.17) is 13.7 Å². The molecule has 86 valence electrons. The van der Waals surface area contributed by atoms with E-state index in [1.165, 1.54) is 5.69 Å². The summed E-state index contributed by atoms with van der Waals surface area (Å²) in [6.07, 6.45) is 4.01. The summed E-state index contributed by atoms with van der Waals surface area (Å²) in [4.78, 5) is 4.21. The van der Waals surface area contributed by atoms with Gasteiger partial charge in [-0.25, -0.2) is 4.68 Å². The summed E-state index contributed by atoms with van der Waals surface area (Å²) in [6.45, 7) is 2.10. The van der Waals surface area contributed by atoms with Crippen molar-refractivity contribution < 1.29 is 0 Å². The monoisotopic (exact) mass is 218 g/mol. The predicted molar refractivity (Wildman–Crippen MR) is 65.8 cm³/mol. The Morgan fingerprint density at radius 1 is 1.44 bits per heavy atom. The molecule has 0 saturated carbocycles. The lowest BCUT2D eigenvalue weighted by atomic mass is 9.65. The number of hydrogen-bond acceptors (Lipinski definition) is 2. The van der Waals surface area contributed by atoms with Gasteiger partial charge in [-0.3, -0.25) is 4.99 Å². The highest BCUT2D eigenvalue weighted by molar-refractivity contribution is 6.15. The highest BCUT2D eigenvalue weighted by atomic mass is 15.4. The average Bonchev–Trinajstić information content (AvgIpc) is 2.37. The Kier molecular flexibility index (Phi) is 2.64. The van der Waals surface area contributed by atoms with Crippen LogP contribution in [-0.4, -0.2) is 24.1 Å². The van der Waals surface area contributed by atoms with Gasteiger partial charge in [0.2, 0.25) is 5.62 Å². The molecule has 1 aromatic rings. The minimum atomic E-state index is -0.154. The SMILES string of the molecule is [B]C1(C)CCCc2c(n(N)c(=NC)n2C)C1. The van der Waals surface area contributed by atoms with Crippen LogP contribution in [-0.2, 0) is 19.9 Å². The van der Waals surface area contributed by atoms with E-state index in [1.54, 1.807) is 11.7 Å². The lowest BCUT2D eigenvalue weighted by Gasteiger charge is -2.22. The Balaban J connectivity index is 2.61. The molecular weight excluding hydrogens is 199 g/mol. The average molecular weight is 218 g/mol. The van der Waals surface area contributed by atoms with E-state index in [9.17, 15) is 0 Å². The van der Waals surface area contributed by atoms with E-state index < -0.39 is 0 Å². The number of nitrogens with zero attached hydrogens (tertiary/aromatic N) is 3. The van der Waals surface area contributed by atoms with Gasteiger partial charge in [-0.1, -0.05) is 18.7 Å². The van der Waals surface area contributed by atoms with Crippen molar-refractivity contribution in [1.29, 1.82) is 0 Å². The topological polar surface area (TPSA) is 48.2 Å². The molecule has 0 fully saturated rings. The van der Waals surface area contributed by atoms with Gasteiger partial charge < -0.3 is 10.4 Å². The van der Waals surface area contributed by atoms with Crippen LogP contribution in [0.4, 0.5) is 0 Å². The molecule has 5 heteroatoms. The zero-order valence-electron chi connectivity index (χ0n) is 10.3. The van der Waals surface area contributed by atoms with E-state index in [-0.39, 0.29) is 5.31 Å². The maximum atomic E-state index is 6.25. The van der Waals surface area contributed by atoms with Crippen LogP contribution in [0.15, 0.2) is 4.99 Å². The molecule has 1 aromatic heterocycles. The third-order valence-corrected chi connectivity index (χ3v) is 3.48. The smallest absolute Gasteiger partial charge is 0.223 e. The predicted octanol–water partition coefficient (Wildman–Crippen LogP) is 0.297. The molecule has 1 aliphatic rings. The van der Waals surface area contributed by atoms with E-state index in [1.807, 2.05) is 7.05 Å². The van der Waals surface area contributed by atoms with Crippen LogP contribution in [0.5, 0.6) is 0 Å². The van der Waals surface area contributed by atoms with Gasteiger partial charge in [0.05, 0.1) is 13.5 Å². The fourth-order valence-corrected chi connectivity index (χ4v) is 2.62. The zero-order valence-corrected chi connectivity index (χ0v) is 10.3. The van der Waals surface area contributed by atoms with Crippen LogP contribution in [0.25, 0.3) is 0 Å². The number of hydrogen-bond donors (Lipinski definition) is 1. The van der Waals surface area contributed by atoms with Gasteiger partial charge >= 0.3 is 0 Å². The molecule has 0 bridgehead atoms. The van der Waals surface area contributed by atoms with Crippen LogP contribution < -0.4 is 11.5 Å². The molecule has 0 saturated heterocycles. The molecule has 2 rings (SSSR count). The first-order chi connectivity index (χ1) is 7.46. The van der Waals surface area contributed by atoms with Crippen molar-refractivity contribution in [2.45, 2.75) is 37.9 Å². The molecule has 0 aromatic carbocycles. The van der Waals surface area contributed by atoms with Gasteiger partial charge in [-0.05, 0) is 19.3 Å². The fourth-order valence-electron chi connectivity index (χ4n) is 2.62. The van der Waals surface area contributed by atoms with Crippen molar-refractivity contribution in [3.8, 4) is 0 Å². The van der Waals surface area contributed by atoms with Gasteiger partial charge in [0, 0.05) is 19.8 Å². The van der Waals surface area contributed by atoms with E-state index >= 15 is 0 Å². The van der Waals surface area contributed by atoms with Crippen molar-refractivity contribution in [3.63, 3.8) is 0 Å². The number of nitrogens with two attached hydrogens (primary N) is 1. The molecule has 16 heavy (non-hydrogen) atoms. The van der Waals surface area contributed by atoms with Crippen LogP contribution in [0.2, 0.25) is 5.31 Å². The van der Waals surface area contributed by atoms with E-state index in [2.05, 4.69) is 16.5 Å². The molecule has 4 nitrogen and oxygen atoms in total. The molecule has 2 N–H and O–H groups in total. The van der Waals surface area contributed by atoms with Gasteiger partial charge in [-0.15, -0.1) is 0 Å². The summed E-state index contributed by atoms with van der Waals surface area (Å²) in [5.74, 6) is 6.07. The number of aromatic nitrogens is 2. The summed E-state index contributed by atoms with van der Waals surface area (Å²) in [6, 6.07) is 0. The second kappa shape index (κ2) is 3.72. The second-order valence-electron chi connectivity index (χ2n) is 5.03. The van der Waals surface area contributed by atoms with Crippen LogP contribution >= 0.6 is 0 Å². The molecule has 0 spiro atoms. The summed E-state index contributed by atoms with van der Waals surface area (Å²) in [5, 5.41) is -0.154. The third kappa shape index (κ3) is 1.68. The van der Waals surface area contributed by atoms with Crippen molar-refractivity contribution >= 4 is 7.85 Å². The number of fused-ring (bicyclic) bond motifs is 1. The van der Waals surface area contributed by atoms with Crippen molar-refractivity contribution in [3.05, 3.63) is 17.0 Å². The number of rotatable bonds is 0. The summed E-state index contributed by atoms with van der Waals surface area (Å²) < 4.78 is 3.77. The Hall–Kier alpha value is -1.13. The maximum Gasteiger partial charge on any atom is 0.223 e. The fraction of sp³-hybridized carbons (Fsp3) is 0.727. The quantitative estimate of drug-likeness (QED) is 0.380. The largest absolute Gasteiger partial charge is 0.336 e. The molecule has 0 aliphatic heterocycles. The third-order valence-electron chi connectivity index (χ3n) is 3.48.